The summed E-state index contributed by atoms with van der Waals surface area (Å²) in [4.78, 5) is 14.9. The molecule has 0 N–H and O–H groups in total. The van der Waals surface area contributed by atoms with Crippen molar-refractivity contribution in [2.24, 2.45) is 5.92 Å². The number of carbonyl (C=O) groups excluding carboxylic acids is 1. The summed E-state index contributed by atoms with van der Waals surface area (Å²) in [6.45, 7) is 5.21. The van der Waals surface area contributed by atoms with Crippen LogP contribution < -0.4 is 4.74 Å². The third-order valence-electron chi connectivity index (χ3n) is 3.98. The lowest BCUT2D eigenvalue weighted by Gasteiger charge is -2.16. The molecular weight excluding hydrogens is 525 g/mol. The van der Waals surface area contributed by atoms with Crippen molar-refractivity contribution in [3.8, 4) is 5.75 Å². The first-order chi connectivity index (χ1) is 13.3. The molecule has 7 heteroatoms. The van der Waals surface area contributed by atoms with Gasteiger partial charge in [0.05, 0.1) is 9.93 Å². The lowest BCUT2D eigenvalue weighted by Crippen LogP contribution is -2.31. The molecule has 1 saturated heterocycles. The highest BCUT2D eigenvalue weighted by molar-refractivity contribution is 14.1. The molecule has 0 aliphatic carbocycles. The van der Waals surface area contributed by atoms with Gasteiger partial charge in [-0.15, -0.1) is 0 Å². The van der Waals surface area contributed by atoms with E-state index in [2.05, 4.69) is 36.4 Å². The highest BCUT2D eigenvalue weighted by Crippen LogP contribution is 2.34. The first kappa shape index (κ1) is 21.6. The van der Waals surface area contributed by atoms with Gasteiger partial charge in [0.2, 0.25) is 0 Å². The number of nitrogens with zero attached hydrogens (tertiary/aromatic N) is 1. The number of benzene rings is 2. The lowest BCUT2D eigenvalue weighted by atomic mass is 10.2. The minimum absolute atomic E-state index is 0.0427. The van der Waals surface area contributed by atoms with Crippen molar-refractivity contribution in [2.75, 3.05) is 6.54 Å². The smallest absolute Gasteiger partial charge is 0.266 e. The van der Waals surface area contributed by atoms with Gasteiger partial charge in [-0.05, 0) is 70.0 Å². The first-order valence-corrected chi connectivity index (χ1v) is 11.4. The summed E-state index contributed by atoms with van der Waals surface area (Å²) in [5.41, 5.74) is 1.92. The Labute approximate surface area is 193 Å². The number of carbonyl (C=O) groups is 1. The van der Waals surface area contributed by atoms with Gasteiger partial charge in [0.25, 0.3) is 5.91 Å². The summed E-state index contributed by atoms with van der Waals surface area (Å²) in [5, 5.41) is 0.511. The molecule has 0 atom stereocenters. The molecule has 1 aliphatic rings. The van der Waals surface area contributed by atoms with Gasteiger partial charge >= 0.3 is 0 Å². The monoisotopic (exact) mass is 543 g/mol. The Morgan fingerprint density at radius 3 is 2.61 bits per heavy atom. The van der Waals surface area contributed by atoms with Crippen molar-refractivity contribution in [3.05, 3.63) is 67.1 Å². The molecule has 2 aromatic carbocycles. The molecular formula is C21H19ClINO2S2. The minimum Gasteiger partial charge on any atom is -0.487 e. The molecule has 0 unspecified atom stereocenters. The molecule has 3 nitrogen and oxygen atoms in total. The van der Waals surface area contributed by atoms with E-state index in [0.717, 1.165) is 11.1 Å². The van der Waals surface area contributed by atoms with Gasteiger partial charge < -0.3 is 4.74 Å². The average Bonchev–Trinajstić information content (AvgIpc) is 2.89. The number of ether oxygens (including phenoxy) is 1. The standard InChI is InChI=1S/C21H19ClINO2S2/c1-13(2)11-24-20(25)19(28-21(24)27)10-15-5-8-18(17(22)9-15)26-12-14-3-6-16(23)7-4-14/h3-10,13H,11-12H2,1-2H3/b19-10-. The van der Waals surface area contributed by atoms with E-state index in [1.54, 1.807) is 11.0 Å². The van der Waals surface area contributed by atoms with Crippen molar-refractivity contribution in [1.82, 2.24) is 4.90 Å². The maximum atomic E-state index is 12.6. The van der Waals surface area contributed by atoms with E-state index in [4.69, 9.17) is 28.6 Å². The van der Waals surface area contributed by atoms with Crippen molar-refractivity contribution in [1.29, 1.82) is 0 Å². The Bertz CT molecular complexity index is 929. The van der Waals surface area contributed by atoms with Gasteiger partial charge in [-0.2, -0.15) is 0 Å². The zero-order valence-electron chi connectivity index (χ0n) is 15.4. The summed E-state index contributed by atoms with van der Waals surface area (Å²) >= 11 is 15.3. The molecule has 0 saturated carbocycles. The van der Waals surface area contributed by atoms with Crippen LogP contribution in [0.15, 0.2) is 47.4 Å². The maximum Gasteiger partial charge on any atom is 0.266 e. The first-order valence-electron chi connectivity index (χ1n) is 8.75. The van der Waals surface area contributed by atoms with E-state index in [1.807, 2.05) is 42.5 Å². The predicted octanol–water partition coefficient (Wildman–Crippen LogP) is 6.38. The second-order valence-corrected chi connectivity index (χ2v) is 10.1. The van der Waals surface area contributed by atoms with Crippen LogP contribution in [0.3, 0.4) is 0 Å². The van der Waals surface area contributed by atoms with Crippen LogP contribution in [0, 0.1) is 9.49 Å². The van der Waals surface area contributed by atoms with Gasteiger partial charge in [-0.3, -0.25) is 9.69 Å². The highest BCUT2D eigenvalue weighted by atomic mass is 127. The van der Waals surface area contributed by atoms with Crippen LogP contribution in [-0.2, 0) is 11.4 Å². The van der Waals surface area contributed by atoms with Crippen molar-refractivity contribution >= 4 is 74.5 Å². The number of amides is 1. The SMILES string of the molecule is CC(C)CN1C(=O)/C(=C/c2ccc(OCc3ccc(I)cc3)c(Cl)c2)SC1=S. The Hall–Kier alpha value is -1.09. The van der Waals surface area contributed by atoms with Crippen LogP contribution in [0.2, 0.25) is 5.02 Å². The van der Waals surface area contributed by atoms with Crippen LogP contribution in [0.4, 0.5) is 0 Å². The largest absolute Gasteiger partial charge is 0.487 e. The van der Waals surface area contributed by atoms with E-state index >= 15 is 0 Å². The van der Waals surface area contributed by atoms with Gasteiger partial charge in [0.15, 0.2) is 0 Å². The molecule has 146 valence electrons. The fraction of sp³-hybridized carbons (Fsp3) is 0.238. The molecule has 2 aromatic rings. The average molecular weight is 544 g/mol. The van der Waals surface area contributed by atoms with Gasteiger partial charge in [-0.1, -0.05) is 67.6 Å². The normalized spacial score (nSPS) is 15.8. The molecule has 28 heavy (non-hydrogen) atoms. The van der Waals surface area contributed by atoms with E-state index in [-0.39, 0.29) is 5.91 Å². The zero-order valence-corrected chi connectivity index (χ0v) is 20.0. The summed E-state index contributed by atoms with van der Waals surface area (Å²) in [6.07, 6.45) is 1.83. The number of rotatable bonds is 6. The number of hydrogen-bond donors (Lipinski definition) is 0. The fourth-order valence-electron chi connectivity index (χ4n) is 2.64. The maximum absolute atomic E-state index is 12.6. The van der Waals surface area contributed by atoms with Crippen LogP contribution in [0.5, 0.6) is 5.75 Å². The Balaban J connectivity index is 1.70. The van der Waals surface area contributed by atoms with Crippen molar-refractivity contribution in [2.45, 2.75) is 20.5 Å². The number of halogens is 2. The number of thioether (sulfide) groups is 1. The van der Waals surface area contributed by atoms with Gasteiger partial charge in [0.1, 0.15) is 16.7 Å². The predicted molar refractivity (Wildman–Crippen MR) is 130 cm³/mol. The van der Waals surface area contributed by atoms with Crippen LogP contribution in [0.25, 0.3) is 6.08 Å². The molecule has 3 rings (SSSR count). The summed E-state index contributed by atoms with van der Waals surface area (Å²) in [6, 6.07) is 13.7. The molecule has 1 heterocycles. The summed E-state index contributed by atoms with van der Waals surface area (Å²) in [5.74, 6) is 0.935. The number of hydrogen-bond acceptors (Lipinski definition) is 4. The quantitative estimate of drug-likeness (QED) is 0.240. The molecule has 1 amide bonds. The van der Waals surface area contributed by atoms with Crippen LogP contribution in [-0.4, -0.2) is 21.7 Å². The van der Waals surface area contributed by atoms with Gasteiger partial charge in [-0.25, -0.2) is 0 Å². The Morgan fingerprint density at radius 2 is 1.96 bits per heavy atom. The third kappa shape index (κ3) is 5.49. The molecule has 0 aromatic heterocycles. The molecule has 0 radical (unpaired) electrons. The van der Waals surface area contributed by atoms with E-state index < -0.39 is 0 Å². The van der Waals surface area contributed by atoms with Crippen molar-refractivity contribution in [3.63, 3.8) is 0 Å². The molecule has 0 bridgehead atoms. The minimum atomic E-state index is -0.0427. The topological polar surface area (TPSA) is 29.5 Å². The third-order valence-corrected chi connectivity index (χ3v) is 6.37. The van der Waals surface area contributed by atoms with Crippen LogP contribution >= 0.6 is 58.2 Å². The highest BCUT2D eigenvalue weighted by Gasteiger charge is 2.32. The Kier molecular flexibility index (Phi) is 7.42. The van der Waals surface area contributed by atoms with Gasteiger partial charge in [0, 0.05) is 10.1 Å². The fourth-order valence-corrected chi connectivity index (χ4v) is 4.52. The molecule has 0 spiro atoms. The van der Waals surface area contributed by atoms with E-state index in [1.165, 1.54) is 15.3 Å². The zero-order chi connectivity index (χ0) is 20.3. The molecule has 1 aliphatic heterocycles. The summed E-state index contributed by atoms with van der Waals surface area (Å²) < 4.78 is 7.62. The van der Waals surface area contributed by atoms with Crippen LogP contribution in [0.1, 0.15) is 25.0 Å². The van der Waals surface area contributed by atoms with E-state index in [9.17, 15) is 4.79 Å². The Morgan fingerprint density at radius 1 is 1.25 bits per heavy atom. The second kappa shape index (κ2) is 9.61. The second-order valence-electron chi connectivity index (χ2n) is 6.79. The lowest BCUT2D eigenvalue weighted by molar-refractivity contribution is -0.122. The van der Waals surface area contributed by atoms with E-state index in [0.29, 0.717) is 39.1 Å². The number of thiocarbonyl (C=S) groups is 1. The molecule has 1 fully saturated rings. The summed E-state index contributed by atoms with van der Waals surface area (Å²) in [7, 11) is 0. The van der Waals surface area contributed by atoms with Crippen molar-refractivity contribution < 1.29 is 9.53 Å².